The molecule has 172 valence electrons. The Balaban J connectivity index is 1.32. The van der Waals surface area contributed by atoms with Gasteiger partial charge >= 0.3 is 5.97 Å². The molecule has 33 heavy (non-hydrogen) atoms. The summed E-state index contributed by atoms with van der Waals surface area (Å²) in [5, 5.41) is 3.45. The Hall–Kier alpha value is -3.01. The van der Waals surface area contributed by atoms with Crippen LogP contribution >= 0.6 is 35.2 Å². The highest BCUT2D eigenvalue weighted by atomic mass is 35.5. The molecule has 0 atom stereocenters. The third-order valence-electron chi connectivity index (χ3n) is 4.56. The molecule has 10 heteroatoms. The van der Waals surface area contributed by atoms with Crippen molar-refractivity contribution < 1.29 is 19.1 Å². The number of hydrazine groups is 1. The summed E-state index contributed by atoms with van der Waals surface area (Å²) < 4.78 is 6.03. The molecule has 0 bridgehead atoms. The minimum atomic E-state index is -0.475. The van der Waals surface area contributed by atoms with Gasteiger partial charge in [-0.15, -0.1) is 11.3 Å². The first-order valence-electron chi connectivity index (χ1n) is 10.2. The van der Waals surface area contributed by atoms with Crippen molar-refractivity contribution in [2.24, 2.45) is 0 Å². The zero-order valence-electron chi connectivity index (χ0n) is 17.6. The van der Waals surface area contributed by atoms with Gasteiger partial charge < -0.3 is 10.1 Å². The van der Waals surface area contributed by atoms with E-state index >= 15 is 0 Å². The van der Waals surface area contributed by atoms with Gasteiger partial charge in [0.1, 0.15) is 4.88 Å². The Morgan fingerprint density at radius 3 is 2.45 bits per heavy atom. The highest BCUT2D eigenvalue weighted by molar-refractivity contribution is 7.80. The molecule has 0 radical (unpaired) electrons. The number of carbonyl (C=O) groups is 3. The first kappa shape index (κ1) is 24.6. The highest BCUT2D eigenvalue weighted by Crippen LogP contribution is 2.34. The highest BCUT2D eigenvalue weighted by Gasteiger charge is 2.17. The second kappa shape index (κ2) is 12.3. The molecule has 3 rings (SSSR count). The summed E-state index contributed by atoms with van der Waals surface area (Å²) in [7, 11) is 0. The monoisotopic (exact) mass is 503 g/mol. The molecule has 0 aliphatic heterocycles. The maximum atomic E-state index is 12.4. The molecular weight excluding hydrogens is 482 g/mol. The Bertz CT molecular complexity index is 1150. The number of hydrogen-bond acceptors (Lipinski definition) is 6. The summed E-state index contributed by atoms with van der Waals surface area (Å²) >= 11 is 12.5. The minimum absolute atomic E-state index is 0.0659. The van der Waals surface area contributed by atoms with Gasteiger partial charge in [-0.05, 0) is 36.7 Å². The van der Waals surface area contributed by atoms with Crippen LogP contribution in [0.25, 0.3) is 10.1 Å². The summed E-state index contributed by atoms with van der Waals surface area (Å²) in [4.78, 5) is 36.5. The van der Waals surface area contributed by atoms with Crippen LogP contribution in [0.15, 0.2) is 54.6 Å². The second-order valence-corrected chi connectivity index (χ2v) is 8.85. The Morgan fingerprint density at radius 2 is 1.70 bits per heavy atom. The van der Waals surface area contributed by atoms with E-state index in [1.807, 2.05) is 54.6 Å². The molecule has 7 nitrogen and oxygen atoms in total. The van der Waals surface area contributed by atoms with Gasteiger partial charge in [0.15, 0.2) is 5.11 Å². The SMILES string of the molecule is O=C(CCC(=O)OCCCc1ccccc1)NC(=S)NNC(=O)c1sc2ccccc2c1Cl. The van der Waals surface area contributed by atoms with Crippen molar-refractivity contribution in [1.82, 2.24) is 16.2 Å². The summed E-state index contributed by atoms with van der Waals surface area (Å²) in [6.45, 7) is 0.293. The third kappa shape index (κ3) is 7.52. The largest absolute Gasteiger partial charge is 0.466 e. The maximum absolute atomic E-state index is 12.4. The number of ether oxygens (including phenoxy) is 1. The van der Waals surface area contributed by atoms with Crippen molar-refractivity contribution in [3.63, 3.8) is 0 Å². The molecule has 3 N–H and O–H groups in total. The number of esters is 1. The number of hydrogen-bond donors (Lipinski definition) is 3. The molecule has 0 aliphatic rings. The van der Waals surface area contributed by atoms with E-state index in [0.29, 0.717) is 22.9 Å². The van der Waals surface area contributed by atoms with Crippen LogP contribution < -0.4 is 16.2 Å². The molecule has 3 aromatic rings. The van der Waals surface area contributed by atoms with Gasteiger partial charge in [-0.2, -0.15) is 0 Å². The quantitative estimate of drug-likeness (QED) is 0.185. The zero-order valence-corrected chi connectivity index (χ0v) is 19.9. The predicted octanol–water partition coefficient (Wildman–Crippen LogP) is 4.15. The summed E-state index contributed by atoms with van der Waals surface area (Å²) in [5.74, 6) is -1.40. The van der Waals surface area contributed by atoms with Crippen molar-refractivity contribution in [2.45, 2.75) is 25.7 Å². The number of fused-ring (bicyclic) bond motifs is 1. The number of benzene rings is 2. The van der Waals surface area contributed by atoms with Crippen LogP contribution in [0.1, 0.15) is 34.5 Å². The molecule has 2 amide bonds. The van der Waals surface area contributed by atoms with Crippen molar-refractivity contribution in [3.05, 3.63) is 70.1 Å². The number of aryl methyl sites for hydroxylation is 1. The molecule has 0 spiro atoms. The van der Waals surface area contributed by atoms with E-state index in [2.05, 4.69) is 16.2 Å². The smallest absolute Gasteiger partial charge is 0.306 e. The number of thiocarbonyl (C=S) groups is 1. The molecule has 1 aromatic heterocycles. The van der Waals surface area contributed by atoms with Crippen LogP contribution in [-0.2, 0) is 20.7 Å². The second-order valence-electron chi connectivity index (χ2n) is 7.01. The molecule has 0 aliphatic carbocycles. The van der Waals surface area contributed by atoms with Crippen LogP contribution in [0.2, 0.25) is 5.02 Å². The van der Waals surface area contributed by atoms with Crippen LogP contribution in [0.5, 0.6) is 0 Å². The Labute approximate surface area is 205 Å². The van der Waals surface area contributed by atoms with Crippen LogP contribution in [-0.4, -0.2) is 29.5 Å². The normalized spacial score (nSPS) is 10.5. The maximum Gasteiger partial charge on any atom is 0.306 e. The molecular formula is C23H22ClN3O4S2. The lowest BCUT2D eigenvalue weighted by atomic mass is 10.1. The molecule has 2 aromatic carbocycles. The van der Waals surface area contributed by atoms with Gasteiger partial charge in [0.2, 0.25) is 5.91 Å². The summed E-state index contributed by atoms with van der Waals surface area (Å²) in [6.07, 6.45) is 1.37. The van der Waals surface area contributed by atoms with E-state index in [9.17, 15) is 14.4 Å². The molecule has 0 saturated carbocycles. The number of nitrogens with one attached hydrogen (secondary N) is 3. The van der Waals surface area contributed by atoms with Crippen LogP contribution in [0.3, 0.4) is 0 Å². The summed E-state index contributed by atoms with van der Waals surface area (Å²) in [5.41, 5.74) is 6.04. The van der Waals surface area contributed by atoms with Crippen molar-refractivity contribution in [3.8, 4) is 0 Å². The Kier molecular flexibility index (Phi) is 9.17. The number of halogens is 1. The van der Waals surface area contributed by atoms with Crippen molar-refractivity contribution >= 4 is 68.1 Å². The van der Waals surface area contributed by atoms with Crippen molar-refractivity contribution in [1.29, 1.82) is 0 Å². The average molecular weight is 504 g/mol. The summed E-state index contributed by atoms with van der Waals surface area (Å²) in [6, 6.07) is 17.3. The van der Waals surface area contributed by atoms with Crippen molar-refractivity contribution in [2.75, 3.05) is 6.61 Å². The van der Waals surface area contributed by atoms with E-state index in [4.69, 9.17) is 28.6 Å². The van der Waals surface area contributed by atoms with Gasteiger partial charge in [-0.3, -0.25) is 25.2 Å². The van der Waals surface area contributed by atoms with E-state index in [0.717, 1.165) is 16.5 Å². The molecule has 1 heterocycles. The van der Waals surface area contributed by atoms with E-state index < -0.39 is 17.8 Å². The lowest BCUT2D eigenvalue weighted by Crippen LogP contribution is -2.48. The Morgan fingerprint density at radius 1 is 0.970 bits per heavy atom. The first-order chi connectivity index (χ1) is 15.9. The fourth-order valence-corrected chi connectivity index (χ4v) is 4.52. The predicted molar refractivity (Wildman–Crippen MR) is 133 cm³/mol. The first-order valence-corrected chi connectivity index (χ1v) is 11.8. The zero-order chi connectivity index (χ0) is 23.6. The van der Waals surface area contributed by atoms with Crippen LogP contribution in [0, 0.1) is 0 Å². The third-order valence-corrected chi connectivity index (χ3v) is 6.43. The fourth-order valence-electron chi connectivity index (χ4n) is 2.95. The van der Waals surface area contributed by atoms with Gasteiger partial charge in [-0.25, -0.2) is 0 Å². The van der Waals surface area contributed by atoms with Gasteiger partial charge in [-0.1, -0.05) is 60.1 Å². The lowest BCUT2D eigenvalue weighted by molar-refractivity contribution is -0.145. The van der Waals surface area contributed by atoms with E-state index in [1.165, 1.54) is 16.9 Å². The fraction of sp³-hybridized carbons (Fsp3) is 0.217. The molecule has 0 fully saturated rings. The average Bonchev–Trinajstić information content (AvgIpc) is 3.16. The van der Waals surface area contributed by atoms with Gasteiger partial charge in [0, 0.05) is 16.5 Å². The lowest BCUT2D eigenvalue weighted by Gasteiger charge is -2.10. The number of amides is 2. The number of thiophene rings is 1. The minimum Gasteiger partial charge on any atom is -0.466 e. The number of rotatable bonds is 8. The van der Waals surface area contributed by atoms with E-state index in [1.54, 1.807) is 0 Å². The van der Waals surface area contributed by atoms with Gasteiger partial charge in [0.05, 0.1) is 18.1 Å². The topological polar surface area (TPSA) is 96.5 Å². The molecule has 0 unspecified atom stereocenters. The number of carbonyl (C=O) groups excluding carboxylic acids is 3. The van der Waals surface area contributed by atoms with Crippen LogP contribution in [0.4, 0.5) is 0 Å². The van der Waals surface area contributed by atoms with E-state index in [-0.39, 0.29) is 18.0 Å². The molecule has 0 saturated heterocycles. The van der Waals surface area contributed by atoms with Gasteiger partial charge in [0.25, 0.3) is 5.91 Å². The standard InChI is InChI=1S/C23H22ClN3O4S2/c24-20-16-10-4-5-11-17(16)33-21(20)22(30)26-27-23(32)25-18(28)12-13-19(29)31-14-6-9-15-7-2-1-3-8-15/h1-5,7-8,10-11H,6,9,12-14H2,(H,26,30)(H2,25,27,28,32).